The molecule has 2 aromatic heterocycles. The summed E-state index contributed by atoms with van der Waals surface area (Å²) in [7, 11) is 0. The van der Waals surface area contributed by atoms with E-state index in [1.807, 2.05) is 18.3 Å². The largest absolute Gasteiger partial charge is 0.353 e. The van der Waals surface area contributed by atoms with Gasteiger partial charge in [0.25, 0.3) is 0 Å². The van der Waals surface area contributed by atoms with E-state index >= 15 is 0 Å². The summed E-state index contributed by atoms with van der Waals surface area (Å²) in [5.74, 6) is 0. The summed E-state index contributed by atoms with van der Waals surface area (Å²) >= 11 is 0. The molecular weight excluding hydrogens is 270 g/mol. The number of aromatic amines is 1. The van der Waals surface area contributed by atoms with E-state index in [9.17, 15) is 0 Å². The number of nitrogens with one attached hydrogen (secondary N) is 1. The van der Waals surface area contributed by atoms with Gasteiger partial charge in [-0.05, 0) is 68.5 Å². The molecule has 0 aliphatic heterocycles. The Kier molecular flexibility index (Phi) is 4.25. The third-order valence-corrected chi connectivity index (χ3v) is 4.41. The molecular formula is C19H23N3. The maximum absolute atomic E-state index is 5.65. The summed E-state index contributed by atoms with van der Waals surface area (Å²) in [4.78, 5) is 8.15. The number of aromatic nitrogens is 2. The molecule has 0 spiro atoms. The molecule has 0 aliphatic carbocycles. The average Bonchev–Trinajstić information content (AvgIpc) is 2.92. The van der Waals surface area contributed by atoms with Gasteiger partial charge in [-0.3, -0.25) is 4.98 Å². The van der Waals surface area contributed by atoms with Gasteiger partial charge in [0.1, 0.15) is 0 Å². The van der Waals surface area contributed by atoms with Crippen LogP contribution in [0.25, 0.3) is 22.3 Å². The monoisotopic (exact) mass is 293 g/mol. The van der Waals surface area contributed by atoms with Crippen LogP contribution in [-0.4, -0.2) is 16.5 Å². The maximum Gasteiger partial charge on any atom is 0.0867 e. The highest BCUT2D eigenvalue weighted by atomic mass is 14.8. The number of nitrogens with zero attached hydrogens (tertiary/aromatic N) is 1. The first-order valence-electron chi connectivity index (χ1n) is 7.94. The average molecular weight is 293 g/mol. The molecule has 0 radical (unpaired) electrons. The quantitative estimate of drug-likeness (QED) is 0.695. The van der Waals surface area contributed by atoms with Crippen molar-refractivity contribution >= 4 is 10.9 Å². The zero-order valence-electron chi connectivity index (χ0n) is 13.3. The molecule has 0 fully saturated rings. The van der Waals surface area contributed by atoms with Gasteiger partial charge in [-0.2, -0.15) is 0 Å². The minimum atomic E-state index is 0.749. The normalized spacial score (nSPS) is 11.2. The number of benzene rings is 1. The van der Waals surface area contributed by atoms with E-state index in [0.29, 0.717) is 0 Å². The lowest BCUT2D eigenvalue weighted by Crippen LogP contribution is -1.99. The molecule has 114 valence electrons. The van der Waals surface area contributed by atoms with Gasteiger partial charge in [-0.15, -0.1) is 0 Å². The number of fused-ring (bicyclic) bond motifs is 1. The smallest absolute Gasteiger partial charge is 0.0867 e. The van der Waals surface area contributed by atoms with Gasteiger partial charge in [0, 0.05) is 17.1 Å². The van der Waals surface area contributed by atoms with Crippen molar-refractivity contribution in [3.05, 3.63) is 53.2 Å². The summed E-state index contributed by atoms with van der Waals surface area (Å²) < 4.78 is 0. The van der Waals surface area contributed by atoms with E-state index in [1.165, 1.54) is 27.6 Å². The topological polar surface area (TPSA) is 54.7 Å². The number of aryl methyl sites for hydroxylation is 3. The van der Waals surface area contributed by atoms with Crippen molar-refractivity contribution in [1.29, 1.82) is 0 Å². The van der Waals surface area contributed by atoms with E-state index < -0.39 is 0 Å². The first-order chi connectivity index (χ1) is 10.7. The van der Waals surface area contributed by atoms with Gasteiger partial charge in [0.15, 0.2) is 0 Å². The number of hydrogen-bond donors (Lipinski definition) is 2. The van der Waals surface area contributed by atoms with Crippen molar-refractivity contribution in [3.63, 3.8) is 0 Å². The molecule has 0 aliphatic rings. The predicted octanol–water partition coefficient (Wildman–Crippen LogP) is 4.13. The predicted molar refractivity (Wildman–Crippen MR) is 93.0 cm³/mol. The summed E-state index contributed by atoms with van der Waals surface area (Å²) in [6.45, 7) is 5.09. The Morgan fingerprint density at radius 3 is 2.68 bits per heavy atom. The second kappa shape index (κ2) is 6.32. The molecule has 3 heteroatoms. The van der Waals surface area contributed by atoms with Crippen molar-refractivity contribution in [2.24, 2.45) is 5.73 Å². The second-order valence-electron chi connectivity index (χ2n) is 5.87. The van der Waals surface area contributed by atoms with Crippen LogP contribution in [0, 0.1) is 13.8 Å². The van der Waals surface area contributed by atoms with Crippen LogP contribution in [0.15, 0.2) is 36.5 Å². The van der Waals surface area contributed by atoms with Crippen LogP contribution in [0.2, 0.25) is 0 Å². The van der Waals surface area contributed by atoms with Crippen molar-refractivity contribution in [2.45, 2.75) is 33.1 Å². The standard InChI is InChI=1S/C19H23N3/c1-13-9-10-16-15(7-3-5-11-20)19(22-18(16)14(13)2)17-8-4-6-12-21-17/h4,6,8-10,12,22H,3,5,7,11,20H2,1-2H3. The van der Waals surface area contributed by atoms with E-state index in [0.717, 1.165) is 37.2 Å². The van der Waals surface area contributed by atoms with Gasteiger partial charge in [-0.25, -0.2) is 0 Å². The number of nitrogens with two attached hydrogens (primary N) is 1. The van der Waals surface area contributed by atoms with Crippen LogP contribution in [-0.2, 0) is 6.42 Å². The maximum atomic E-state index is 5.65. The Balaban J connectivity index is 2.16. The molecule has 3 rings (SSSR count). The van der Waals surface area contributed by atoms with Crippen LogP contribution in [0.5, 0.6) is 0 Å². The molecule has 0 amide bonds. The van der Waals surface area contributed by atoms with Gasteiger partial charge in [-0.1, -0.05) is 18.2 Å². The molecule has 0 saturated heterocycles. The molecule has 0 saturated carbocycles. The lowest BCUT2D eigenvalue weighted by atomic mass is 10.00. The van der Waals surface area contributed by atoms with Crippen molar-refractivity contribution in [1.82, 2.24) is 9.97 Å². The fraction of sp³-hybridized carbons (Fsp3) is 0.316. The summed E-state index contributed by atoms with van der Waals surface area (Å²) in [5.41, 5.74) is 13.1. The van der Waals surface area contributed by atoms with Crippen molar-refractivity contribution in [3.8, 4) is 11.4 Å². The summed E-state index contributed by atoms with van der Waals surface area (Å²) in [5, 5.41) is 1.32. The Hall–Kier alpha value is -2.13. The molecule has 0 bridgehead atoms. The van der Waals surface area contributed by atoms with Crippen LogP contribution in [0.3, 0.4) is 0 Å². The third-order valence-electron chi connectivity index (χ3n) is 4.41. The van der Waals surface area contributed by atoms with Gasteiger partial charge in [0.2, 0.25) is 0 Å². The molecule has 2 heterocycles. The number of hydrogen-bond acceptors (Lipinski definition) is 2. The third kappa shape index (κ3) is 2.64. The summed E-state index contributed by atoms with van der Waals surface area (Å²) in [6, 6.07) is 10.5. The number of H-pyrrole nitrogens is 1. The zero-order valence-corrected chi connectivity index (χ0v) is 13.3. The van der Waals surface area contributed by atoms with E-state index in [4.69, 9.17) is 5.73 Å². The first kappa shape index (κ1) is 14.8. The molecule has 3 N–H and O–H groups in total. The molecule has 22 heavy (non-hydrogen) atoms. The summed E-state index contributed by atoms with van der Waals surface area (Å²) in [6.07, 6.45) is 5.05. The van der Waals surface area contributed by atoms with Crippen LogP contribution >= 0.6 is 0 Å². The fourth-order valence-electron chi connectivity index (χ4n) is 3.00. The SMILES string of the molecule is Cc1ccc2c(CCCCN)c(-c3ccccn3)[nH]c2c1C. The lowest BCUT2D eigenvalue weighted by Gasteiger charge is -2.05. The number of unbranched alkanes of at least 4 members (excludes halogenated alkanes) is 1. The molecule has 0 unspecified atom stereocenters. The Bertz CT molecular complexity index is 772. The highest BCUT2D eigenvalue weighted by Crippen LogP contribution is 2.33. The molecule has 3 aromatic rings. The lowest BCUT2D eigenvalue weighted by molar-refractivity contribution is 0.748. The Labute approximate surface area is 131 Å². The van der Waals surface area contributed by atoms with Crippen LogP contribution < -0.4 is 5.73 Å². The van der Waals surface area contributed by atoms with Crippen molar-refractivity contribution < 1.29 is 0 Å². The highest BCUT2D eigenvalue weighted by Gasteiger charge is 2.15. The minimum absolute atomic E-state index is 0.749. The highest BCUT2D eigenvalue weighted by molar-refractivity contribution is 5.92. The van der Waals surface area contributed by atoms with E-state index in [-0.39, 0.29) is 0 Å². The molecule has 3 nitrogen and oxygen atoms in total. The fourth-order valence-corrected chi connectivity index (χ4v) is 3.00. The first-order valence-corrected chi connectivity index (χ1v) is 7.94. The number of pyridine rings is 1. The molecule has 1 aromatic carbocycles. The van der Waals surface area contributed by atoms with Crippen LogP contribution in [0.1, 0.15) is 29.5 Å². The van der Waals surface area contributed by atoms with Gasteiger partial charge < -0.3 is 10.7 Å². The van der Waals surface area contributed by atoms with Gasteiger partial charge >= 0.3 is 0 Å². The zero-order chi connectivity index (χ0) is 15.5. The Morgan fingerprint density at radius 1 is 1.09 bits per heavy atom. The van der Waals surface area contributed by atoms with E-state index in [1.54, 1.807) is 0 Å². The van der Waals surface area contributed by atoms with Crippen molar-refractivity contribution in [2.75, 3.05) is 6.54 Å². The van der Waals surface area contributed by atoms with Crippen LogP contribution in [0.4, 0.5) is 0 Å². The minimum Gasteiger partial charge on any atom is -0.353 e. The number of rotatable bonds is 5. The molecule has 0 atom stereocenters. The van der Waals surface area contributed by atoms with Gasteiger partial charge in [0.05, 0.1) is 11.4 Å². The second-order valence-corrected chi connectivity index (χ2v) is 5.87. The Morgan fingerprint density at radius 2 is 1.95 bits per heavy atom. The van der Waals surface area contributed by atoms with E-state index in [2.05, 4.69) is 42.0 Å².